The molecule has 1 fully saturated rings. The molecule has 10 heteroatoms. The molecule has 2 heterocycles. The largest absolute Gasteiger partial charge is 0.393 e. The Morgan fingerprint density at radius 2 is 2.14 bits per heavy atom. The third-order valence-corrected chi connectivity index (χ3v) is 5.27. The fraction of sp³-hybridized carbons (Fsp3) is 0.545. The summed E-state index contributed by atoms with van der Waals surface area (Å²) >= 11 is 0. The quantitative estimate of drug-likeness (QED) is 0.647. The molecule has 0 aromatic carbocycles. The standard InChI is InChI=1S/C11H15F3N4O2S/c12-11(13,14)8-3-2-6-18(7-8)21(19,20)9-4-1-5-16-10(9)17-15/h1,4-5,8H,2-3,6-7,15H2,(H,16,17). The van der Waals surface area contributed by atoms with E-state index in [1.165, 1.54) is 18.3 Å². The van der Waals surface area contributed by atoms with Crippen LogP contribution in [-0.4, -0.2) is 37.0 Å². The molecule has 1 saturated heterocycles. The number of anilines is 1. The number of halogens is 3. The number of hydrogen-bond acceptors (Lipinski definition) is 5. The van der Waals surface area contributed by atoms with Crippen LogP contribution in [0.2, 0.25) is 0 Å². The number of nitrogens with zero attached hydrogens (tertiary/aromatic N) is 2. The van der Waals surface area contributed by atoms with Crippen molar-refractivity contribution in [3.63, 3.8) is 0 Å². The smallest absolute Gasteiger partial charge is 0.307 e. The Morgan fingerprint density at radius 1 is 1.43 bits per heavy atom. The molecule has 1 aromatic rings. The van der Waals surface area contributed by atoms with Crippen molar-refractivity contribution in [3.8, 4) is 0 Å². The number of hydrazine groups is 1. The van der Waals surface area contributed by atoms with Crippen molar-refractivity contribution in [1.29, 1.82) is 0 Å². The molecular weight excluding hydrogens is 309 g/mol. The minimum Gasteiger partial charge on any atom is -0.307 e. The van der Waals surface area contributed by atoms with Crippen molar-refractivity contribution in [2.75, 3.05) is 18.5 Å². The van der Waals surface area contributed by atoms with Gasteiger partial charge in [-0.1, -0.05) is 0 Å². The van der Waals surface area contributed by atoms with E-state index < -0.39 is 28.7 Å². The van der Waals surface area contributed by atoms with Crippen molar-refractivity contribution in [1.82, 2.24) is 9.29 Å². The Kier molecular flexibility index (Phi) is 4.40. The van der Waals surface area contributed by atoms with E-state index in [-0.39, 0.29) is 30.1 Å². The van der Waals surface area contributed by atoms with Gasteiger partial charge in [0.25, 0.3) is 0 Å². The predicted octanol–water partition coefficient (Wildman–Crippen LogP) is 1.33. The van der Waals surface area contributed by atoms with Gasteiger partial charge in [-0.3, -0.25) is 0 Å². The number of alkyl halides is 3. The van der Waals surface area contributed by atoms with Crippen molar-refractivity contribution < 1.29 is 21.6 Å². The number of pyridine rings is 1. The van der Waals surface area contributed by atoms with Gasteiger partial charge in [-0.2, -0.15) is 17.5 Å². The lowest BCUT2D eigenvalue weighted by Gasteiger charge is -2.33. The molecule has 1 aromatic heterocycles. The SMILES string of the molecule is NNc1ncccc1S(=O)(=O)N1CCCC(C(F)(F)F)C1. The Hall–Kier alpha value is -1.39. The second-order valence-electron chi connectivity index (χ2n) is 4.74. The van der Waals surface area contributed by atoms with Gasteiger partial charge in [0.15, 0.2) is 5.82 Å². The van der Waals surface area contributed by atoms with E-state index in [0.717, 1.165) is 4.31 Å². The zero-order chi connectivity index (χ0) is 15.7. The molecule has 3 N–H and O–H groups in total. The monoisotopic (exact) mass is 324 g/mol. The first-order chi connectivity index (χ1) is 9.76. The van der Waals surface area contributed by atoms with Gasteiger partial charge >= 0.3 is 6.18 Å². The Labute approximate surface area is 120 Å². The summed E-state index contributed by atoms with van der Waals surface area (Å²) < 4.78 is 64.1. The molecule has 1 atom stereocenters. The number of nitrogens with one attached hydrogen (secondary N) is 1. The summed E-state index contributed by atoms with van der Waals surface area (Å²) in [7, 11) is -4.07. The highest BCUT2D eigenvalue weighted by molar-refractivity contribution is 7.89. The average molecular weight is 324 g/mol. The third-order valence-electron chi connectivity index (χ3n) is 3.37. The number of hydrogen-bond donors (Lipinski definition) is 2. The van der Waals surface area contributed by atoms with E-state index in [2.05, 4.69) is 10.4 Å². The van der Waals surface area contributed by atoms with E-state index in [9.17, 15) is 21.6 Å². The van der Waals surface area contributed by atoms with Gasteiger partial charge in [-0.25, -0.2) is 19.2 Å². The number of nitrogens with two attached hydrogens (primary N) is 1. The van der Waals surface area contributed by atoms with Crippen LogP contribution in [0.3, 0.4) is 0 Å². The Morgan fingerprint density at radius 3 is 2.76 bits per heavy atom. The van der Waals surface area contributed by atoms with Crippen LogP contribution in [0.15, 0.2) is 23.2 Å². The summed E-state index contributed by atoms with van der Waals surface area (Å²) in [5, 5.41) is 0. The summed E-state index contributed by atoms with van der Waals surface area (Å²) in [4.78, 5) is 3.54. The van der Waals surface area contributed by atoms with Crippen molar-refractivity contribution in [3.05, 3.63) is 18.3 Å². The Balaban J connectivity index is 2.31. The second kappa shape index (κ2) is 5.78. The highest BCUT2D eigenvalue weighted by Gasteiger charge is 2.44. The van der Waals surface area contributed by atoms with Crippen LogP contribution in [0.25, 0.3) is 0 Å². The average Bonchev–Trinajstić information content (AvgIpc) is 2.46. The first-order valence-electron chi connectivity index (χ1n) is 6.25. The topological polar surface area (TPSA) is 88.3 Å². The lowest BCUT2D eigenvalue weighted by atomic mass is 9.99. The molecular formula is C11H15F3N4O2S. The molecule has 0 radical (unpaired) electrons. The zero-order valence-electron chi connectivity index (χ0n) is 11.0. The first kappa shape index (κ1) is 16.0. The molecule has 1 unspecified atom stereocenters. The summed E-state index contributed by atoms with van der Waals surface area (Å²) in [6.07, 6.45) is -2.97. The van der Waals surface area contributed by atoms with Crippen molar-refractivity contribution in [2.24, 2.45) is 11.8 Å². The van der Waals surface area contributed by atoms with Gasteiger partial charge in [-0.05, 0) is 25.0 Å². The predicted molar refractivity (Wildman–Crippen MR) is 69.6 cm³/mol. The van der Waals surface area contributed by atoms with Crippen LogP contribution in [0.4, 0.5) is 19.0 Å². The number of aromatic nitrogens is 1. The molecule has 21 heavy (non-hydrogen) atoms. The summed E-state index contributed by atoms with van der Waals surface area (Å²) in [6, 6.07) is 2.65. The maximum Gasteiger partial charge on any atom is 0.393 e. The molecule has 2 rings (SSSR count). The lowest BCUT2D eigenvalue weighted by Crippen LogP contribution is -2.44. The minimum atomic E-state index is -4.40. The lowest BCUT2D eigenvalue weighted by molar-refractivity contribution is -0.182. The molecule has 0 amide bonds. The number of sulfonamides is 1. The van der Waals surface area contributed by atoms with Gasteiger partial charge < -0.3 is 5.43 Å². The number of piperidine rings is 1. The van der Waals surface area contributed by atoms with Crippen LogP contribution in [0, 0.1) is 5.92 Å². The fourth-order valence-electron chi connectivity index (χ4n) is 2.27. The van der Waals surface area contributed by atoms with Crippen LogP contribution in [-0.2, 0) is 10.0 Å². The molecule has 1 aliphatic rings. The van der Waals surface area contributed by atoms with E-state index in [4.69, 9.17) is 5.84 Å². The van der Waals surface area contributed by atoms with E-state index in [1.54, 1.807) is 0 Å². The molecule has 118 valence electrons. The highest BCUT2D eigenvalue weighted by Crippen LogP contribution is 2.35. The fourth-order valence-corrected chi connectivity index (χ4v) is 3.90. The first-order valence-corrected chi connectivity index (χ1v) is 7.69. The summed E-state index contributed by atoms with van der Waals surface area (Å²) in [5.41, 5.74) is 2.14. The molecule has 0 spiro atoms. The van der Waals surface area contributed by atoms with Crippen LogP contribution < -0.4 is 11.3 Å². The molecule has 0 saturated carbocycles. The third kappa shape index (κ3) is 3.27. The maximum absolute atomic E-state index is 12.8. The molecule has 6 nitrogen and oxygen atoms in total. The normalized spacial score (nSPS) is 21.2. The summed E-state index contributed by atoms with van der Waals surface area (Å²) in [6.45, 7) is -0.529. The Bertz CT molecular complexity index is 606. The molecule has 1 aliphatic heterocycles. The number of rotatable bonds is 3. The van der Waals surface area contributed by atoms with Gasteiger partial charge in [-0.15, -0.1) is 0 Å². The van der Waals surface area contributed by atoms with Crippen LogP contribution in [0.1, 0.15) is 12.8 Å². The van der Waals surface area contributed by atoms with Gasteiger partial charge in [0, 0.05) is 19.3 Å². The van der Waals surface area contributed by atoms with Crippen LogP contribution >= 0.6 is 0 Å². The minimum absolute atomic E-state index is 0.0494. The van der Waals surface area contributed by atoms with Crippen LogP contribution in [0.5, 0.6) is 0 Å². The van der Waals surface area contributed by atoms with Gasteiger partial charge in [0.05, 0.1) is 5.92 Å². The van der Waals surface area contributed by atoms with E-state index >= 15 is 0 Å². The zero-order valence-corrected chi connectivity index (χ0v) is 11.8. The highest BCUT2D eigenvalue weighted by atomic mass is 32.2. The van der Waals surface area contributed by atoms with Gasteiger partial charge in [0.2, 0.25) is 10.0 Å². The van der Waals surface area contributed by atoms with Crippen molar-refractivity contribution in [2.45, 2.75) is 23.9 Å². The van der Waals surface area contributed by atoms with E-state index in [1.807, 2.05) is 0 Å². The van der Waals surface area contributed by atoms with Gasteiger partial charge in [0.1, 0.15) is 4.90 Å². The second-order valence-corrected chi connectivity index (χ2v) is 6.64. The van der Waals surface area contributed by atoms with E-state index in [0.29, 0.717) is 0 Å². The molecule has 0 bridgehead atoms. The maximum atomic E-state index is 12.8. The van der Waals surface area contributed by atoms with Crippen molar-refractivity contribution >= 4 is 15.8 Å². The number of nitrogen functional groups attached to an aromatic ring is 1. The summed E-state index contributed by atoms with van der Waals surface area (Å²) in [5.74, 6) is 3.46. The molecule has 0 aliphatic carbocycles.